The van der Waals surface area contributed by atoms with Gasteiger partial charge in [-0.3, -0.25) is 0 Å². The fourth-order valence-electron chi connectivity index (χ4n) is 0.963. The van der Waals surface area contributed by atoms with Crippen LogP contribution < -0.4 is 0 Å². The smallest absolute Gasteiger partial charge is 0.339 e. The fraction of sp³-hybridized carbons (Fsp3) is 0.222. The summed E-state index contributed by atoms with van der Waals surface area (Å²) in [5, 5.41) is 0.374. The lowest BCUT2D eigenvalue weighted by molar-refractivity contribution is 0.0601. The van der Waals surface area contributed by atoms with E-state index in [0.717, 1.165) is 6.07 Å². The van der Waals surface area contributed by atoms with E-state index >= 15 is 0 Å². The third-order valence-corrected chi connectivity index (χ3v) is 2.60. The van der Waals surface area contributed by atoms with E-state index in [0.29, 0.717) is 10.9 Å². The molecule has 1 rings (SSSR count). The molecular weight excluding hydrogens is 274 g/mol. The van der Waals surface area contributed by atoms with Crippen LogP contribution in [-0.2, 0) is 10.1 Å². The molecule has 0 saturated carbocycles. The van der Waals surface area contributed by atoms with E-state index in [1.165, 1.54) is 13.2 Å². The van der Waals surface area contributed by atoms with E-state index in [2.05, 4.69) is 20.7 Å². The molecule has 0 aliphatic carbocycles. The lowest BCUT2D eigenvalue weighted by Gasteiger charge is -2.05. The van der Waals surface area contributed by atoms with Crippen LogP contribution in [0.5, 0.6) is 0 Å². The maximum Gasteiger partial charge on any atom is 0.339 e. The molecule has 0 heterocycles. The molecular formula is C9H7BrClFO2. The number of carbonyl (C=O) groups is 1. The predicted molar refractivity (Wildman–Crippen MR) is 55.4 cm³/mol. The average Bonchev–Trinajstić information content (AvgIpc) is 2.17. The number of methoxy groups -OCH3 is 1. The highest BCUT2D eigenvalue weighted by atomic mass is 79.9. The minimum Gasteiger partial charge on any atom is -0.465 e. The van der Waals surface area contributed by atoms with Crippen LogP contribution in [0, 0.1) is 5.82 Å². The Morgan fingerprint density at radius 1 is 1.64 bits per heavy atom. The van der Waals surface area contributed by atoms with E-state index in [4.69, 9.17) is 11.6 Å². The van der Waals surface area contributed by atoms with Gasteiger partial charge in [0.25, 0.3) is 0 Å². The van der Waals surface area contributed by atoms with Gasteiger partial charge in [0.15, 0.2) is 0 Å². The Hall–Kier alpha value is -0.610. The molecule has 0 unspecified atom stereocenters. The van der Waals surface area contributed by atoms with Gasteiger partial charge in [-0.15, -0.1) is 0 Å². The number of carbonyl (C=O) groups excluding carboxylic acids is 1. The van der Waals surface area contributed by atoms with Gasteiger partial charge in [0.2, 0.25) is 0 Å². The van der Waals surface area contributed by atoms with Gasteiger partial charge in [-0.2, -0.15) is 0 Å². The number of esters is 1. The molecule has 2 nitrogen and oxygen atoms in total. The van der Waals surface area contributed by atoms with E-state index < -0.39 is 11.8 Å². The molecule has 0 fully saturated rings. The number of hydrogen-bond donors (Lipinski definition) is 0. The summed E-state index contributed by atoms with van der Waals surface area (Å²) in [4.78, 5) is 11.2. The summed E-state index contributed by atoms with van der Waals surface area (Å²) >= 11 is 8.78. The van der Waals surface area contributed by atoms with Gasteiger partial charge < -0.3 is 4.74 Å². The standard InChI is InChI=1S/C9H7BrClFO2/c1-14-9(13)6-2-5(4-10)8(12)3-7(6)11/h2-3H,4H2,1H3. The zero-order valence-electron chi connectivity index (χ0n) is 7.31. The van der Waals surface area contributed by atoms with Crippen molar-refractivity contribution in [3.8, 4) is 0 Å². The third-order valence-electron chi connectivity index (χ3n) is 1.69. The number of halogens is 3. The maximum atomic E-state index is 13.1. The van der Waals surface area contributed by atoms with Crippen molar-refractivity contribution < 1.29 is 13.9 Å². The zero-order chi connectivity index (χ0) is 10.7. The average molecular weight is 282 g/mol. The molecule has 0 aromatic heterocycles. The lowest BCUT2D eigenvalue weighted by Crippen LogP contribution is -2.04. The molecule has 5 heteroatoms. The molecule has 0 radical (unpaired) electrons. The highest BCUT2D eigenvalue weighted by Gasteiger charge is 2.14. The topological polar surface area (TPSA) is 26.3 Å². The summed E-state index contributed by atoms with van der Waals surface area (Å²) in [6.45, 7) is 0. The molecule has 0 amide bonds. The minimum atomic E-state index is -0.572. The Balaban J connectivity index is 3.24. The number of ether oxygens (including phenoxy) is 1. The summed E-state index contributed by atoms with van der Waals surface area (Å²) in [5.74, 6) is -1.02. The lowest BCUT2D eigenvalue weighted by atomic mass is 10.1. The Labute approximate surface area is 94.1 Å². The maximum absolute atomic E-state index is 13.1. The first-order valence-electron chi connectivity index (χ1n) is 3.72. The molecule has 14 heavy (non-hydrogen) atoms. The van der Waals surface area contributed by atoms with Crippen molar-refractivity contribution in [1.82, 2.24) is 0 Å². The van der Waals surface area contributed by atoms with Crippen molar-refractivity contribution >= 4 is 33.5 Å². The first-order chi connectivity index (χ1) is 6.60. The summed E-state index contributed by atoms with van der Waals surface area (Å²) in [6, 6.07) is 2.47. The first-order valence-corrected chi connectivity index (χ1v) is 5.22. The summed E-state index contributed by atoms with van der Waals surface area (Å²) < 4.78 is 17.6. The minimum absolute atomic E-state index is 0.0547. The number of alkyl halides is 1. The van der Waals surface area contributed by atoms with E-state index in [1.807, 2.05) is 0 Å². The first kappa shape index (κ1) is 11.5. The van der Waals surface area contributed by atoms with Gasteiger partial charge in [0, 0.05) is 5.33 Å². The number of rotatable bonds is 2. The number of hydrogen-bond acceptors (Lipinski definition) is 2. The highest BCUT2D eigenvalue weighted by molar-refractivity contribution is 9.08. The summed E-state index contributed by atoms with van der Waals surface area (Å²) in [7, 11) is 1.25. The molecule has 76 valence electrons. The monoisotopic (exact) mass is 280 g/mol. The predicted octanol–water partition coefficient (Wildman–Crippen LogP) is 3.16. The molecule has 0 aliphatic heterocycles. The summed E-state index contributed by atoms with van der Waals surface area (Å²) in [5.41, 5.74) is 0.541. The van der Waals surface area contributed by atoms with Crippen molar-refractivity contribution in [1.29, 1.82) is 0 Å². The Bertz CT molecular complexity index is 368. The van der Waals surface area contributed by atoms with Gasteiger partial charge in [-0.05, 0) is 17.7 Å². The quantitative estimate of drug-likeness (QED) is 0.615. The zero-order valence-corrected chi connectivity index (χ0v) is 9.65. The van der Waals surface area contributed by atoms with Crippen molar-refractivity contribution in [2.24, 2.45) is 0 Å². The largest absolute Gasteiger partial charge is 0.465 e. The van der Waals surface area contributed by atoms with Crippen LogP contribution in [-0.4, -0.2) is 13.1 Å². The van der Waals surface area contributed by atoms with Gasteiger partial charge >= 0.3 is 5.97 Å². The van der Waals surface area contributed by atoms with Gasteiger partial charge in [-0.25, -0.2) is 9.18 Å². The van der Waals surface area contributed by atoms with Crippen LogP contribution >= 0.6 is 27.5 Å². The summed E-state index contributed by atoms with van der Waals surface area (Å²) in [6.07, 6.45) is 0. The highest BCUT2D eigenvalue weighted by Crippen LogP contribution is 2.22. The molecule has 1 aromatic carbocycles. The van der Waals surface area contributed by atoms with Crippen LogP contribution in [0.3, 0.4) is 0 Å². The van der Waals surface area contributed by atoms with Crippen LogP contribution in [0.1, 0.15) is 15.9 Å². The Kier molecular flexibility index (Phi) is 3.89. The van der Waals surface area contributed by atoms with Crippen molar-refractivity contribution in [2.75, 3.05) is 7.11 Å². The molecule has 0 aliphatic rings. The fourth-order valence-corrected chi connectivity index (χ4v) is 1.62. The third kappa shape index (κ3) is 2.25. The second-order valence-corrected chi connectivity index (χ2v) is 3.52. The molecule has 0 saturated heterocycles. The van der Waals surface area contributed by atoms with Crippen LogP contribution in [0.25, 0.3) is 0 Å². The van der Waals surface area contributed by atoms with Crippen LogP contribution in [0.4, 0.5) is 4.39 Å². The van der Waals surface area contributed by atoms with Gasteiger partial charge in [0.1, 0.15) is 5.82 Å². The second kappa shape index (κ2) is 4.75. The van der Waals surface area contributed by atoms with Crippen molar-refractivity contribution in [3.63, 3.8) is 0 Å². The SMILES string of the molecule is COC(=O)c1cc(CBr)c(F)cc1Cl. The van der Waals surface area contributed by atoms with Gasteiger partial charge in [-0.1, -0.05) is 27.5 Å². The van der Waals surface area contributed by atoms with Crippen LogP contribution in [0.2, 0.25) is 5.02 Å². The van der Waals surface area contributed by atoms with E-state index in [9.17, 15) is 9.18 Å². The van der Waals surface area contributed by atoms with Crippen LogP contribution in [0.15, 0.2) is 12.1 Å². The molecule has 0 N–H and O–H groups in total. The Morgan fingerprint density at radius 3 is 2.79 bits per heavy atom. The molecule has 0 atom stereocenters. The number of benzene rings is 1. The second-order valence-electron chi connectivity index (χ2n) is 2.55. The normalized spacial score (nSPS) is 10.0. The molecule has 0 bridgehead atoms. The molecule has 0 spiro atoms. The molecule has 1 aromatic rings. The van der Waals surface area contributed by atoms with Crippen molar-refractivity contribution in [2.45, 2.75) is 5.33 Å². The van der Waals surface area contributed by atoms with Crippen molar-refractivity contribution in [3.05, 3.63) is 34.1 Å². The van der Waals surface area contributed by atoms with E-state index in [1.54, 1.807) is 0 Å². The van der Waals surface area contributed by atoms with E-state index in [-0.39, 0.29) is 10.6 Å². The van der Waals surface area contributed by atoms with Gasteiger partial charge in [0.05, 0.1) is 17.7 Å². The Morgan fingerprint density at radius 2 is 2.29 bits per heavy atom.